The van der Waals surface area contributed by atoms with Crippen LogP contribution in [-0.4, -0.2) is 78.2 Å². The van der Waals surface area contributed by atoms with Gasteiger partial charge in [-0.2, -0.15) is 0 Å². The number of β-amino-alcohol motifs (C(OH)–C–C–N with tert-alkyl or cyclic N) is 1. The van der Waals surface area contributed by atoms with E-state index in [1.165, 1.54) is 4.90 Å². The molecular weight excluding hydrogens is 448 g/mol. The maximum atomic E-state index is 13.8. The zero-order valence-electron chi connectivity index (χ0n) is 20.7. The molecule has 2 aromatic heterocycles. The number of carbonyl (C=O) groups is 2. The summed E-state index contributed by atoms with van der Waals surface area (Å²) < 4.78 is 1.61. The molecule has 0 bridgehead atoms. The van der Waals surface area contributed by atoms with Crippen molar-refractivity contribution < 1.29 is 19.8 Å². The maximum Gasteiger partial charge on any atom is 0.248 e. The van der Waals surface area contributed by atoms with E-state index < -0.39 is 29.6 Å². The summed E-state index contributed by atoms with van der Waals surface area (Å²) in [7, 11) is 0. The molecule has 3 heterocycles. The van der Waals surface area contributed by atoms with Crippen LogP contribution in [0, 0.1) is 5.41 Å². The predicted octanol–water partition coefficient (Wildman–Crippen LogP) is 1.21. The average molecular weight is 485 g/mol. The largest absolute Gasteiger partial charge is 0.394 e. The summed E-state index contributed by atoms with van der Waals surface area (Å²) in [6.45, 7) is 5.73. The standard InChI is InChI=1S/C25H36N6O4/c1-25(2,3)22(31-14-20(28-29-31)17-5-6-17)24(35)30-13-19(33)12-21(30)23(34)27-18(15-32)7-4-16-8-10-26-11-9-16/h8-11,14,17-19,21-22,32-33H,4-7,12-13,15H2,1-3H3,(H,27,34)/t18?,19-,21+,22+/m1/s1. The van der Waals surface area contributed by atoms with Gasteiger partial charge in [0.2, 0.25) is 11.8 Å². The van der Waals surface area contributed by atoms with Gasteiger partial charge in [-0.05, 0) is 48.8 Å². The third kappa shape index (κ3) is 6.05. The Labute approximate surface area is 205 Å². The number of nitrogens with one attached hydrogen (secondary N) is 1. The summed E-state index contributed by atoms with van der Waals surface area (Å²) in [6.07, 6.45) is 8.00. The summed E-state index contributed by atoms with van der Waals surface area (Å²) in [4.78, 5) is 32.5. The Kier molecular flexibility index (Phi) is 7.51. The molecule has 3 N–H and O–H groups in total. The Bertz CT molecular complexity index is 1020. The number of likely N-dealkylation sites (tertiary alicyclic amines) is 1. The van der Waals surface area contributed by atoms with Gasteiger partial charge in [0.15, 0.2) is 0 Å². The molecule has 2 amide bonds. The number of aliphatic hydroxyl groups is 2. The van der Waals surface area contributed by atoms with Crippen molar-refractivity contribution in [3.63, 3.8) is 0 Å². The second kappa shape index (κ2) is 10.4. The van der Waals surface area contributed by atoms with E-state index in [1.807, 2.05) is 39.1 Å². The van der Waals surface area contributed by atoms with E-state index in [1.54, 1.807) is 17.1 Å². The van der Waals surface area contributed by atoms with Crippen molar-refractivity contribution in [3.8, 4) is 0 Å². The van der Waals surface area contributed by atoms with Gasteiger partial charge in [0, 0.05) is 37.5 Å². The highest BCUT2D eigenvalue weighted by Gasteiger charge is 2.45. The molecule has 190 valence electrons. The molecule has 35 heavy (non-hydrogen) atoms. The van der Waals surface area contributed by atoms with Gasteiger partial charge in [0.25, 0.3) is 0 Å². The van der Waals surface area contributed by atoms with Crippen LogP contribution in [0.25, 0.3) is 0 Å². The second-order valence-corrected chi connectivity index (χ2v) is 10.8. The number of hydrogen-bond donors (Lipinski definition) is 3. The first-order valence-electron chi connectivity index (χ1n) is 12.4. The summed E-state index contributed by atoms with van der Waals surface area (Å²) in [5.74, 6) is -0.221. The molecule has 1 saturated carbocycles. The highest BCUT2D eigenvalue weighted by molar-refractivity contribution is 5.90. The highest BCUT2D eigenvalue weighted by atomic mass is 16.3. The number of pyridine rings is 1. The lowest BCUT2D eigenvalue weighted by molar-refractivity contribution is -0.144. The Hall–Kier alpha value is -2.85. The molecule has 1 unspecified atom stereocenters. The van der Waals surface area contributed by atoms with Crippen molar-refractivity contribution in [2.45, 2.75) is 83.0 Å². The van der Waals surface area contributed by atoms with Gasteiger partial charge in [-0.25, -0.2) is 4.68 Å². The van der Waals surface area contributed by atoms with E-state index in [4.69, 9.17) is 0 Å². The molecular formula is C25H36N6O4. The fourth-order valence-electron chi connectivity index (χ4n) is 4.72. The minimum Gasteiger partial charge on any atom is -0.394 e. The minimum absolute atomic E-state index is 0.0779. The fourth-order valence-corrected chi connectivity index (χ4v) is 4.72. The molecule has 2 fully saturated rings. The van der Waals surface area contributed by atoms with Crippen LogP contribution in [-0.2, 0) is 16.0 Å². The first kappa shape index (κ1) is 25.2. The topological polar surface area (TPSA) is 133 Å². The maximum absolute atomic E-state index is 13.8. The van der Waals surface area contributed by atoms with Crippen LogP contribution < -0.4 is 5.32 Å². The Morgan fingerprint density at radius 2 is 1.94 bits per heavy atom. The van der Waals surface area contributed by atoms with Gasteiger partial charge in [-0.15, -0.1) is 5.10 Å². The number of aryl methyl sites for hydroxylation is 1. The summed E-state index contributed by atoms with van der Waals surface area (Å²) in [5.41, 5.74) is 1.47. The first-order valence-corrected chi connectivity index (χ1v) is 12.4. The third-order valence-electron chi connectivity index (χ3n) is 6.80. The zero-order valence-corrected chi connectivity index (χ0v) is 20.7. The van der Waals surface area contributed by atoms with Crippen molar-refractivity contribution >= 4 is 11.8 Å². The van der Waals surface area contributed by atoms with Gasteiger partial charge < -0.3 is 20.4 Å². The van der Waals surface area contributed by atoms with Crippen molar-refractivity contribution in [3.05, 3.63) is 42.0 Å². The predicted molar refractivity (Wildman–Crippen MR) is 128 cm³/mol. The SMILES string of the molecule is CC(C)(C)[C@H](C(=O)N1C[C@H](O)C[C@H]1C(=O)NC(CO)CCc1ccncc1)n1cc(C2CC2)nn1. The van der Waals surface area contributed by atoms with E-state index >= 15 is 0 Å². The van der Waals surface area contributed by atoms with Crippen molar-refractivity contribution in [1.29, 1.82) is 0 Å². The van der Waals surface area contributed by atoms with Crippen LogP contribution in [0.4, 0.5) is 0 Å². The minimum atomic E-state index is -0.816. The molecule has 4 rings (SSSR count). The van der Waals surface area contributed by atoms with Crippen LogP contribution in [0.2, 0.25) is 0 Å². The van der Waals surface area contributed by atoms with Gasteiger partial charge in [0.1, 0.15) is 12.1 Å². The lowest BCUT2D eigenvalue weighted by Crippen LogP contribution is -2.52. The van der Waals surface area contributed by atoms with Crippen molar-refractivity contribution in [2.75, 3.05) is 13.2 Å². The van der Waals surface area contributed by atoms with Crippen LogP contribution in [0.5, 0.6) is 0 Å². The monoisotopic (exact) mass is 484 g/mol. The molecule has 2 aliphatic rings. The number of hydrogen-bond acceptors (Lipinski definition) is 7. The van der Waals surface area contributed by atoms with E-state index in [0.29, 0.717) is 18.8 Å². The molecule has 0 radical (unpaired) electrons. The molecule has 1 aliphatic carbocycles. The van der Waals surface area contributed by atoms with Crippen molar-refractivity contribution in [2.24, 2.45) is 5.41 Å². The number of aliphatic hydroxyl groups excluding tert-OH is 2. The quantitative estimate of drug-likeness (QED) is 0.487. The lowest BCUT2D eigenvalue weighted by Gasteiger charge is -2.35. The molecule has 1 aliphatic heterocycles. The number of aromatic nitrogens is 4. The smallest absolute Gasteiger partial charge is 0.248 e. The van der Waals surface area contributed by atoms with Crippen molar-refractivity contribution in [1.82, 2.24) is 30.2 Å². The van der Waals surface area contributed by atoms with E-state index in [-0.39, 0.29) is 31.4 Å². The normalized spacial score (nSPS) is 22.1. The van der Waals surface area contributed by atoms with Crippen LogP contribution in [0.1, 0.15) is 69.7 Å². The number of rotatable bonds is 9. The molecule has 10 nitrogen and oxygen atoms in total. The highest BCUT2D eigenvalue weighted by Crippen LogP contribution is 2.40. The summed E-state index contributed by atoms with van der Waals surface area (Å²) in [5, 5.41) is 31.6. The molecule has 0 spiro atoms. The van der Waals surface area contributed by atoms with Gasteiger partial charge in [-0.3, -0.25) is 14.6 Å². The van der Waals surface area contributed by atoms with Crippen LogP contribution in [0.3, 0.4) is 0 Å². The Morgan fingerprint density at radius 1 is 1.23 bits per heavy atom. The third-order valence-corrected chi connectivity index (χ3v) is 6.80. The van der Waals surface area contributed by atoms with Crippen LogP contribution >= 0.6 is 0 Å². The van der Waals surface area contributed by atoms with Gasteiger partial charge >= 0.3 is 0 Å². The van der Waals surface area contributed by atoms with Gasteiger partial charge in [-0.1, -0.05) is 26.0 Å². The molecule has 2 aromatic rings. The second-order valence-electron chi connectivity index (χ2n) is 10.8. The van der Waals surface area contributed by atoms with E-state index in [9.17, 15) is 19.8 Å². The van der Waals surface area contributed by atoms with Gasteiger partial charge in [0.05, 0.1) is 24.4 Å². The zero-order chi connectivity index (χ0) is 25.2. The van der Waals surface area contributed by atoms with E-state index in [0.717, 1.165) is 24.1 Å². The first-order chi connectivity index (χ1) is 16.7. The summed E-state index contributed by atoms with van der Waals surface area (Å²) in [6, 6.07) is 1.86. The molecule has 10 heteroatoms. The van der Waals surface area contributed by atoms with E-state index in [2.05, 4.69) is 20.6 Å². The lowest BCUT2D eigenvalue weighted by atomic mass is 9.85. The Morgan fingerprint density at radius 3 is 2.57 bits per heavy atom. The number of nitrogens with zero attached hydrogens (tertiary/aromatic N) is 5. The molecule has 1 saturated heterocycles. The molecule has 4 atom stereocenters. The fraction of sp³-hybridized carbons (Fsp3) is 0.640. The summed E-state index contributed by atoms with van der Waals surface area (Å²) >= 11 is 0. The number of amides is 2. The van der Waals surface area contributed by atoms with Crippen LogP contribution in [0.15, 0.2) is 30.7 Å². The molecule has 0 aromatic carbocycles. The Balaban J connectivity index is 1.46. The average Bonchev–Trinajstić information content (AvgIpc) is 3.43. The number of carbonyl (C=O) groups excluding carboxylic acids is 2.